The molecule has 0 bridgehead atoms. The molecule has 2 fully saturated rings. The molecule has 2 aliphatic rings. The number of rotatable bonds is 11. The highest BCUT2D eigenvalue weighted by Crippen LogP contribution is 2.45. The Kier molecular flexibility index (Phi) is 10.5. The molecule has 4 atom stereocenters. The molecule has 17 heteroatoms. The summed E-state index contributed by atoms with van der Waals surface area (Å²) in [5.74, 6) is -6.83. The number of carboxylic acids is 1. The van der Waals surface area contributed by atoms with E-state index in [1.54, 1.807) is 35.2 Å². The lowest BCUT2D eigenvalue weighted by Gasteiger charge is -2.43. The van der Waals surface area contributed by atoms with Gasteiger partial charge < -0.3 is 19.7 Å². The second-order valence-electron chi connectivity index (χ2n) is 13.7. The molecule has 1 saturated carbocycles. The Hall–Kier alpha value is -4.35. The Morgan fingerprint density at radius 2 is 1.81 bits per heavy atom. The molecule has 2 heterocycles. The topological polar surface area (TPSA) is 117 Å². The van der Waals surface area contributed by atoms with Crippen molar-refractivity contribution >= 4 is 38.4 Å². The van der Waals surface area contributed by atoms with Crippen molar-refractivity contribution in [3.63, 3.8) is 0 Å². The zero-order chi connectivity index (χ0) is 38.5. The van der Waals surface area contributed by atoms with Crippen LogP contribution in [0.1, 0.15) is 42.1 Å². The monoisotopic (exact) mass is 767 g/mol. The zero-order valence-electron chi connectivity index (χ0n) is 29.1. The molecule has 53 heavy (non-hydrogen) atoms. The molecule has 1 aliphatic carbocycles. The molecule has 3 aromatic carbocycles. The van der Waals surface area contributed by atoms with Gasteiger partial charge in [-0.2, -0.15) is 13.2 Å². The largest absolute Gasteiger partial charge is 0.481 e. The summed E-state index contributed by atoms with van der Waals surface area (Å²) in [6.45, 7) is 0.937. The van der Waals surface area contributed by atoms with Gasteiger partial charge in [0.2, 0.25) is 0 Å². The maximum atomic E-state index is 14.4. The molecule has 2 N–H and O–H groups in total. The number of carbonyl (C=O) groups is 1. The predicted molar refractivity (Wildman–Crippen MR) is 185 cm³/mol. The molecule has 0 radical (unpaired) electrons. The van der Waals surface area contributed by atoms with Crippen molar-refractivity contribution in [2.24, 2.45) is 18.9 Å². The quantitative estimate of drug-likeness (QED) is 0.0968. The van der Waals surface area contributed by atoms with Gasteiger partial charge in [0.15, 0.2) is 0 Å². The van der Waals surface area contributed by atoms with Gasteiger partial charge in [0.25, 0.3) is 15.9 Å². The van der Waals surface area contributed by atoms with Gasteiger partial charge in [-0.3, -0.25) is 14.0 Å². The fourth-order valence-electron chi connectivity index (χ4n) is 7.48. The first kappa shape index (κ1) is 38.4. The van der Waals surface area contributed by atoms with Gasteiger partial charge in [0, 0.05) is 33.1 Å². The first-order valence-corrected chi connectivity index (χ1v) is 18.3. The van der Waals surface area contributed by atoms with Gasteiger partial charge in [0.1, 0.15) is 18.4 Å². The second kappa shape index (κ2) is 14.5. The van der Waals surface area contributed by atoms with E-state index in [-0.39, 0.29) is 49.7 Å². The summed E-state index contributed by atoms with van der Waals surface area (Å²) in [6.07, 6.45) is -4.59. The number of nitrogens with one attached hydrogen (secondary N) is 1. The standard InChI is InChI=1S/C36H39F6N5O5S/c1-21-44-31-17-27(9-11-32(31)45(21)2)53(50,51)46(3)25-7-4-22(5-8-25)28-16-26(47-13-12-35(38,39)19-47)14-23(33(28)34(48)49)18-52-20-43-30-10-6-24(15-29(30)37)36(40,41)42/h4-11,15,17,23,26,28,33,43H,12-14,16,18-20H2,1-3H3,(H,48,49)/t23-,26-,28+,33-/m1/s1. The van der Waals surface area contributed by atoms with Gasteiger partial charge in [-0.1, -0.05) is 12.1 Å². The average Bonchev–Trinajstić information content (AvgIpc) is 3.62. The number of ether oxygens (including phenoxy) is 1. The number of hydrogen-bond donors (Lipinski definition) is 2. The summed E-state index contributed by atoms with van der Waals surface area (Å²) in [6, 6.07) is 12.7. The maximum absolute atomic E-state index is 14.4. The van der Waals surface area contributed by atoms with Crippen molar-refractivity contribution in [3.8, 4) is 0 Å². The third-order valence-corrected chi connectivity index (χ3v) is 12.2. The smallest absolute Gasteiger partial charge is 0.416 e. The Morgan fingerprint density at radius 3 is 2.43 bits per heavy atom. The molecule has 1 saturated heterocycles. The number of halogens is 6. The summed E-state index contributed by atoms with van der Waals surface area (Å²) in [5, 5.41) is 13.0. The second-order valence-corrected chi connectivity index (χ2v) is 15.7. The first-order valence-electron chi connectivity index (χ1n) is 16.9. The number of aliphatic carboxylic acids is 1. The molecule has 4 aromatic rings. The van der Waals surface area contributed by atoms with Crippen LogP contribution in [0.2, 0.25) is 0 Å². The third kappa shape index (κ3) is 7.97. The van der Waals surface area contributed by atoms with Crippen molar-refractivity contribution in [3.05, 3.63) is 83.4 Å². The molecule has 0 amide bonds. The van der Waals surface area contributed by atoms with Crippen LogP contribution in [0.15, 0.2) is 65.6 Å². The highest BCUT2D eigenvalue weighted by atomic mass is 32.2. The zero-order valence-corrected chi connectivity index (χ0v) is 29.9. The Labute approximate surface area is 302 Å². The first-order chi connectivity index (χ1) is 24.9. The van der Waals surface area contributed by atoms with Crippen LogP contribution in [0.4, 0.5) is 37.7 Å². The highest BCUT2D eigenvalue weighted by molar-refractivity contribution is 7.92. The van der Waals surface area contributed by atoms with E-state index in [4.69, 9.17) is 4.74 Å². The summed E-state index contributed by atoms with van der Waals surface area (Å²) < 4.78 is 118. The van der Waals surface area contributed by atoms with E-state index in [1.165, 1.54) is 19.2 Å². The van der Waals surface area contributed by atoms with Gasteiger partial charge in [-0.05, 0) is 85.7 Å². The lowest BCUT2D eigenvalue weighted by Crippen LogP contribution is -2.47. The molecule has 0 spiro atoms. The lowest BCUT2D eigenvalue weighted by molar-refractivity contribution is -0.148. The Bertz CT molecular complexity index is 2090. The molecule has 1 aromatic heterocycles. The van der Waals surface area contributed by atoms with Crippen LogP contribution in [0.5, 0.6) is 0 Å². The number of anilines is 2. The number of hydrogen-bond acceptors (Lipinski definition) is 7. The van der Waals surface area contributed by atoms with Crippen LogP contribution in [0.25, 0.3) is 11.0 Å². The summed E-state index contributed by atoms with van der Waals surface area (Å²) >= 11 is 0. The molecular formula is C36H39F6N5O5S. The van der Waals surface area contributed by atoms with E-state index in [2.05, 4.69) is 10.3 Å². The van der Waals surface area contributed by atoms with Gasteiger partial charge >= 0.3 is 12.1 Å². The third-order valence-electron chi connectivity index (χ3n) is 10.5. The fraction of sp³-hybridized carbons (Fsp3) is 0.444. The molecule has 0 unspecified atom stereocenters. The number of aromatic nitrogens is 2. The van der Waals surface area contributed by atoms with Crippen LogP contribution < -0.4 is 9.62 Å². The molecule has 286 valence electrons. The molecule has 6 rings (SSSR count). The van der Waals surface area contributed by atoms with Gasteiger partial charge in [0.05, 0.1) is 51.9 Å². The number of aryl methyl sites for hydroxylation is 2. The Morgan fingerprint density at radius 1 is 1.09 bits per heavy atom. The normalized spacial score (nSPS) is 22.3. The summed E-state index contributed by atoms with van der Waals surface area (Å²) in [4.78, 5) is 19.0. The SMILES string of the molecule is Cc1nc2cc(S(=O)(=O)N(C)c3ccc([C@@H]4C[C@H](N5CCC(F)(F)C5)C[C@H](COCNc5ccc(C(F)(F)F)cc5F)[C@H]4C(=O)O)cc3)ccc2n1C. The van der Waals surface area contributed by atoms with Gasteiger partial charge in [-0.25, -0.2) is 26.6 Å². The van der Waals surface area contributed by atoms with Crippen LogP contribution in [-0.4, -0.2) is 79.4 Å². The molecule has 10 nitrogen and oxygen atoms in total. The number of fused-ring (bicyclic) bond motifs is 1. The molecule has 1 aliphatic heterocycles. The van der Waals surface area contributed by atoms with Crippen molar-refractivity contribution < 1.29 is 49.4 Å². The number of carboxylic acid groups (broad SMARTS) is 1. The number of nitrogens with zero attached hydrogens (tertiary/aromatic N) is 4. The highest BCUT2D eigenvalue weighted by Gasteiger charge is 2.48. The van der Waals surface area contributed by atoms with Gasteiger partial charge in [-0.15, -0.1) is 0 Å². The van der Waals surface area contributed by atoms with E-state index < -0.39 is 69.8 Å². The molecular weight excluding hydrogens is 728 g/mol. The fourth-order valence-corrected chi connectivity index (χ4v) is 8.70. The minimum Gasteiger partial charge on any atom is -0.481 e. The Balaban J connectivity index is 1.21. The van der Waals surface area contributed by atoms with Crippen LogP contribution in [0, 0.1) is 24.6 Å². The van der Waals surface area contributed by atoms with Crippen molar-refractivity contribution in [2.45, 2.75) is 55.1 Å². The van der Waals surface area contributed by atoms with Crippen molar-refractivity contribution in [1.29, 1.82) is 0 Å². The van der Waals surface area contributed by atoms with Crippen molar-refractivity contribution in [2.75, 3.05) is 43.1 Å². The predicted octanol–water partition coefficient (Wildman–Crippen LogP) is 6.85. The summed E-state index contributed by atoms with van der Waals surface area (Å²) in [7, 11) is -0.782. The van der Waals surface area contributed by atoms with Crippen LogP contribution in [-0.2, 0) is 32.8 Å². The van der Waals surface area contributed by atoms with E-state index in [0.29, 0.717) is 28.9 Å². The van der Waals surface area contributed by atoms with E-state index >= 15 is 0 Å². The minimum atomic E-state index is -4.72. The minimum absolute atomic E-state index is 0.0385. The number of benzene rings is 3. The van der Waals surface area contributed by atoms with E-state index in [9.17, 15) is 44.7 Å². The van der Waals surface area contributed by atoms with Crippen molar-refractivity contribution in [1.82, 2.24) is 14.5 Å². The van der Waals surface area contributed by atoms with Crippen LogP contribution in [0.3, 0.4) is 0 Å². The number of imidazole rings is 1. The number of alkyl halides is 5. The van der Waals surface area contributed by atoms with E-state index in [0.717, 1.165) is 21.7 Å². The van der Waals surface area contributed by atoms with Crippen LogP contribution >= 0.6 is 0 Å². The number of sulfonamides is 1. The summed E-state index contributed by atoms with van der Waals surface area (Å²) in [5.41, 5.74) is 0.785. The lowest BCUT2D eigenvalue weighted by atomic mass is 9.67. The number of likely N-dealkylation sites (tertiary alicyclic amines) is 1. The average molecular weight is 768 g/mol. The maximum Gasteiger partial charge on any atom is 0.416 e. The van der Waals surface area contributed by atoms with E-state index in [1.807, 2.05) is 18.5 Å².